The molecule has 3 rings (SSSR count). The molecule has 4 heteroatoms. The second-order valence-electron chi connectivity index (χ2n) is 4.55. The first kappa shape index (κ1) is 10.8. The van der Waals surface area contributed by atoms with Crippen LogP contribution in [0.25, 0.3) is 11.3 Å². The van der Waals surface area contributed by atoms with Crippen LogP contribution < -0.4 is 0 Å². The van der Waals surface area contributed by atoms with Gasteiger partial charge in [-0.3, -0.25) is 4.98 Å². The standard InChI is InChI=1S/C14H12N4/c15-10-14(5-1-6-14)13-17-9-4-12(18-13)11-2-7-16-8-3-11/h2-4,7-9H,1,5-6H2. The number of aromatic nitrogens is 3. The topological polar surface area (TPSA) is 62.5 Å². The van der Waals surface area contributed by atoms with Crippen LogP contribution in [0.15, 0.2) is 36.8 Å². The van der Waals surface area contributed by atoms with Crippen molar-refractivity contribution in [2.24, 2.45) is 0 Å². The highest BCUT2D eigenvalue weighted by Crippen LogP contribution is 2.41. The van der Waals surface area contributed by atoms with E-state index < -0.39 is 5.41 Å². The molecule has 0 aliphatic heterocycles. The highest BCUT2D eigenvalue weighted by atomic mass is 14.9. The van der Waals surface area contributed by atoms with Crippen LogP contribution in [0.2, 0.25) is 0 Å². The zero-order chi connectivity index (χ0) is 12.4. The first-order valence-electron chi connectivity index (χ1n) is 5.99. The highest BCUT2D eigenvalue weighted by molar-refractivity contribution is 5.57. The molecule has 0 atom stereocenters. The molecule has 0 bridgehead atoms. The quantitative estimate of drug-likeness (QED) is 0.803. The maximum atomic E-state index is 9.31. The average molecular weight is 236 g/mol. The van der Waals surface area contributed by atoms with Gasteiger partial charge in [0.15, 0.2) is 0 Å². The lowest BCUT2D eigenvalue weighted by Crippen LogP contribution is -2.34. The summed E-state index contributed by atoms with van der Waals surface area (Å²) >= 11 is 0. The molecular weight excluding hydrogens is 224 g/mol. The van der Waals surface area contributed by atoms with Crippen LogP contribution in [-0.4, -0.2) is 15.0 Å². The summed E-state index contributed by atoms with van der Waals surface area (Å²) in [6.45, 7) is 0. The summed E-state index contributed by atoms with van der Waals surface area (Å²) in [5.74, 6) is 0.658. The Hall–Kier alpha value is -2.28. The van der Waals surface area contributed by atoms with Crippen molar-refractivity contribution in [2.75, 3.05) is 0 Å². The Bertz CT molecular complexity index is 597. The van der Waals surface area contributed by atoms with Crippen molar-refractivity contribution in [1.29, 1.82) is 5.26 Å². The van der Waals surface area contributed by atoms with Gasteiger partial charge in [0.25, 0.3) is 0 Å². The summed E-state index contributed by atoms with van der Waals surface area (Å²) in [4.78, 5) is 12.8. The van der Waals surface area contributed by atoms with E-state index >= 15 is 0 Å². The normalized spacial score (nSPS) is 16.6. The van der Waals surface area contributed by atoms with Crippen molar-refractivity contribution in [3.05, 3.63) is 42.6 Å². The Labute approximate surface area is 105 Å². The van der Waals surface area contributed by atoms with Crippen LogP contribution >= 0.6 is 0 Å². The summed E-state index contributed by atoms with van der Waals surface area (Å²) in [6, 6.07) is 8.05. The molecule has 18 heavy (non-hydrogen) atoms. The van der Waals surface area contributed by atoms with E-state index in [1.54, 1.807) is 18.6 Å². The Morgan fingerprint density at radius 1 is 1.11 bits per heavy atom. The Balaban J connectivity index is 2.03. The highest BCUT2D eigenvalue weighted by Gasteiger charge is 2.41. The molecule has 2 aromatic heterocycles. The van der Waals surface area contributed by atoms with E-state index in [4.69, 9.17) is 0 Å². The van der Waals surface area contributed by atoms with Gasteiger partial charge in [0.2, 0.25) is 0 Å². The van der Waals surface area contributed by atoms with Gasteiger partial charge in [-0.15, -0.1) is 0 Å². The van der Waals surface area contributed by atoms with Crippen molar-refractivity contribution in [1.82, 2.24) is 15.0 Å². The molecule has 0 saturated heterocycles. The zero-order valence-electron chi connectivity index (χ0n) is 9.87. The van der Waals surface area contributed by atoms with Crippen molar-refractivity contribution in [3.8, 4) is 17.3 Å². The Morgan fingerprint density at radius 3 is 2.50 bits per heavy atom. The van der Waals surface area contributed by atoms with E-state index in [1.807, 2.05) is 18.2 Å². The van der Waals surface area contributed by atoms with E-state index in [0.29, 0.717) is 5.82 Å². The fourth-order valence-electron chi connectivity index (χ4n) is 2.19. The molecule has 1 aliphatic carbocycles. The van der Waals surface area contributed by atoms with E-state index in [0.717, 1.165) is 30.5 Å². The summed E-state index contributed by atoms with van der Waals surface area (Å²) in [5.41, 5.74) is 1.40. The smallest absolute Gasteiger partial charge is 0.149 e. The van der Waals surface area contributed by atoms with Crippen molar-refractivity contribution in [3.63, 3.8) is 0 Å². The van der Waals surface area contributed by atoms with Gasteiger partial charge in [-0.1, -0.05) is 0 Å². The molecule has 0 aromatic carbocycles. The van der Waals surface area contributed by atoms with E-state index in [-0.39, 0.29) is 0 Å². The number of rotatable bonds is 2. The maximum absolute atomic E-state index is 9.31. The van der Waals surface area contributed by atoms with Gasteiger partial charge in [0.05, 0.1) is 11.8 Å². The van der Waals surface area contributed by atoms with Gasteiger partial charge in [-0.25, -0.2) is 9.97 Å². The van der Waals surface area contributed by atoms with Crippen molar-refractivity contribution in [2.45, 2.75) is 24.7 Å². The predicted molar refractivity (Wildman–Crippen MR) is 66.4 cm³/mol. The zero-order valence-corrected chi connectivity index (χ0v) is 9.87. The van der Waals surface area contributed by atoms with Crippen LogP contribution in [0.5, 0.6) is 0 Å². The van der Waals surface area contributed by atoms with Crippen molar-refractivity contribution < 1.29 is 0 Å². The number of pyridine rings is 1. The fourth-order valence-corrected chi connectivity index (χ4v) is 2.19. The molecule has 0 spiro atoms. The first-order valence-corrected chi connectivity index (χ1v) is 5.99. The minimum Gasteiger partial charge on any atom is -0.265 e. The summed E-state index contributed by atoms with van der Waals surface area (Å²) in [5, 5.41) is 9.31. The minimum atomic E-state index is -0.455. The third-order valence-corrected chi connectivity index (χ3v) is 3.48. The van der Waals surface area contributed by atoms with Gasteiger partial charge >= 0.3 is 0 Å². The van der Waals surface area contributed by atoms with Crippen LogP contribution in [0.3, 0.4) is 0 Å². The minimum absolute atomic E-state index is 0.455. The van der Waals surface area contributed by atoms with Crippen LogP contribution in [-0.2, 0) is 5.41 Å². The molecule has 2 heterocycles. The van der Waals surface area contributed by atoms with Gasteiger partial charge < -0.3 is 0 Å². The monoisotopic (exact) mass is 236 g/mol. The van der Waals surface area contributed by atoms with Crippen LogP contribution in [0.4, 0.5) is 0 Å². The first-order chi connectivity index (χ1) is 8.84. The van der Waals surface area contributed by atoms with Gasteiger partial charge in [0.1, 0.15) is 11.2 Å². The van der Waals surface area contributed by atoms with Crippen LogP contribution in [0.1, 0.15) is 25.1 Å². The van der Waals surface area contributed by atoms with Gasteiger partial charge in [-0.2, -0.15) is 5.26 Å². The second kappa shape index (κ2) is 4.19. The van der Waals surface area contributed by atoms with Gasteiger partial charge in [-0.05, 0) is 37.5 Å². The Morgan fingerprint density at radius 2 is 1.89 bits per heavy atom. The lowest BCUT2D eigenvalue weighted by atomic mass is 9.69. The molecule has 1 aliphatic rings. The molecule has 0 radical (unpaired) electrons. The largest absolute Gasteiger partial charge is 0.265 e. The molecule has 88 valence electrons. The predicted octanol–water partition coefficient (Wildman–Crippen LogP) is 2.48. The number of nitriles is 1. The third kappa shape index (κ3) is 1.65. The molecule has 1 saturated carbocycles. The van der Waals surface area contributed by atoms with Crippen molar-refractivity contribution >= 4 is 0 Å². The molecule has 0 amide bonds. The summed E-state index contributed by atoms with van der Waals surface area (Å²) < 4.78 is 0. The lowest BCUT2D eigenvalue weighted by Gasteiger charge is -2.33. The molecule has 4 nitrogen and oxygen atoms in total. The number of hydrogen-bond donors (Lipinski definition) is 0. The second-order valence-corrected chi connectivity index (χ2v) is 4.55. The SMILES string of the molecule is N#CC1(c2nccc(-c3ccncc3)n2)CCC1. The van der Waals surface area contributed by atoms with E-state index in [9.17, 15) is 5.26 Å². The molecule has 0 unspecified atom stereocenters. The van der Waals surface area contributed by atoms with Gasteiger partial charge in [0, 0.05) is 24.2 Å². The summed E-state index contributed by atoms with van der Waals surface area (Å²) in [7, 11) is 0. The summed E-state index contributed by atoms with van der Waals surface area (Å²) in [6.07, 6.45) is 8.01. The lowest BCUT2D eigenvalue weighted by molar-refractivity contribution is 0.307. The number of hydrogen-bond acceptors (Lipinski definition) is 4. The molecule has 2 aromatic rings. The van der Waals surface area contributed by atoms with E-state index in [1.165, 1.54) is 0 Å². The fraction of sp³-hybridized carbons (Fsp3) is 0.286. The Kier molecular flexibility index (Phi) is 2.52. The molecule has 1 fully saturated rings. The average Bonchev–Trinajstić information content (AvgIpc) is 2.40. The van der Waals surface area contributed by atoms with E-state index in [2.05, 4.69) is 21.0 Å². The van der Waals surface area contributed by atoms with Crippen LogP contribution in [0, 0.1) is 11.3 Å². The molecule has 0 N–H and O–H groups in total. The number of nitrogens with zero attached hydrogens (tertiary/aromatic N) is 4. The molecular formula is C14H12N4. The maximum Gasteiger partial charge on any atom is 0.149 e. The third-order valence-electron chi connectivity index (χ3n) is 3.48.